The first-order chi connectivity index (χ1) is 6.61. The molecule has 0 saturated carbocycles. The van der Waals surface area contributed by atoms with E-state index < -0.39 is 5.97 Å². The van der Waals surface area contributed by atoms with Crippen LogP contribution in [0.3, 0.4) is 0 Å². The third-order valence-electron chi connectivity index (χ3n) is 1.49. The molecule has 0 fully saturated rings. The highest BCUT2D eigenvalue weighted by Gasteiger charge is 2.01. The van der Waals surface area contributed by atoms with E-state index in [-0.39, 0.29) is 12.6 Å². The maximum absolute atomic E-state index is 10.9. The van der Waals surface area contributed by atoms with Gasteiger partial charge in [-0.25, -0.2) is 9.59 Å². The van der Waals surface area contributed by atoms with Crippen LogP contribution in [-0.2, 0) is 19.1 Å². The fraction of sp³-hybridized carbons (Fsp3) is 0.400. The molecule has 0 rings (SSSR count). The number of hydrogen-bond donors (Lipinski definition) is 0. The summed E-state index contributed by atoms with van der Waals surface area (Å²) in [4.78, 5) is 21.5. The topological polar surface area (TPSA) is 52.6 Å². The molecular formula is C10H14O4. The summed E-state index contributed by atoms with van der Waals surface area (Å²) in [5.74, 6) is -0.839. The summed E-state index contributed by atoms with van der Waals surface area (Å²) in [6, 6.07) is 0. The average Bonchev–Trinajstić information content (AvgIpc) is 2.22. The summed E-state index contributed by atoms with van der Waals surface area (Å²) in [6.45, 7) is 5.13. The van der Waals surface area contributed by atoms with Crippen LogP contribution in [0.2, 0.25) is 0 Å². The zero-order chi connectivity index (χ0) is 11.0. The van der Waals surface area contributed by atoms with E-state index in [2.05, 4.69) is 11.3 Å². The Labute approximate surface area is 83.2 Å². The zero-order valence-corrected chi connectivity index (χ0v) is 8.41. The third kappa shape index (κ3) is 5.13. The highest BCUT2D eigenvalue weighted by Crippen LogP contribution is 1.98. The van der Waals surface area contributed by atoms with Crippen molar-refractivity contribution in [2.75, 3.05) is 13.7 Å². The van der Waals surface area contributed by atoms with Gasteiger partial charge < -0.3 is 9.47 Å². The van der Waals surface area contributed by atoms with Crippen molar-refractivity contribution in [1.82, 2.24) is 0 Å². The first-order valence-electron chi connectivity index (χ1n) is 4.16. The molecule has 0 heterocycles. The number of methoxy groups -OCH3 is 1. The average molecular weight is 198 g/mol. The van der Waals surface area contributed by atoms with Crippen molar-refractivity contribution in [2.45, 2.75) is 13.3 Å². The molecule has 0 spiro atoms. The van der Waals surface area contributed by atoms with Gasteiger partial charge in [0.05, 0.1) is 13.7 Å². The van der Waals surface area contributed by atoms with Crippen LogP contribution in [-0.4, -0.2) is 25.7 Å². The minimum Gasteiger partial charge on any atom is -0.466 e. The fourth-order valence-corrected chi connectivity index (χ4v) is 0.738. The maximum atomic E-state index is 10.9. The molecule has 0 aromatic heterocycles. The highest BCUT2D eigenvalue weighted by molar-refractivity contribution is 5.87. The van der Waals surface area contributed by atoms with E-state index in [0.29, 0.717) is 12.0 Å². The molecule has 0 aromatic carbocycles. The third-order valence-corrected chi connectivity index (χ3v) is 1.49. The molecule has 0 aromatic rings. The molecular weight excluding hydrogens is 184 g/mol. The van der Waals surface area contributed by atoms with Gasteiger partial charge in [0.15, 0.2) is 0 Å². The fourth-order valence-electron chi connectivity index (χ4n) is 0.738. The smallest absolute Gasteiger partial charge is 0.333 e. The molecule has 4 nitrogen and oxygen atoms in total. The standard InChI is InChI=1S/C10H14O4/c1-4-9(11)14-7-5-6-8(2)10(12)13-3/h4,6H,1,5,7H2,2-3H3. The quantitative estimate of drug-likeness (QED) is 0.378. The van der Waals surface area contributed by atoms with E-state index in [9.17, 15) is 9.59 Å². The molecule has 0 aliphatic rings. The van der Waals surface area contributed by atoms with Crippen molar-refractivity contribution < 1.29 is 19.1 Å². The van der Waals surface area contributed by atoms with Gasteiger partial charge in [0, 0.05) is 18.1 Å². The molecule has 0 amide bonds. The predicted octanol–water partition coefficient (Wildman–Crippen LogP) is 1.22. The Hall–Kier alpha value is -1.58. The van der Waals surface area contributed by atoms with Crippen molar-refractivity contribution in [3.63, 3.8) is 0 Å². The van der Waals surface area contributed by atoms with Crippen molar-refractivity contribution in [2.24, 2.45) is 0 Å². The van der Waals surface area contributed by atoms with Crippen molar-refractivity contribution in [3.8, 4) is 0 Å². The van der Waals surface area contributed by atoms with Gasteiger partial charge in [-0.15, -0.1) is 0 Å². The summed E-state index contributed by atoms with van der Waals surface area (Å²) in [5.41, 5.74) is 0.502. The lowest BCUT2D eigenvalue weighted by Gasteiger charge is -2.00. The van der Waals surface area contributed by atoms with Gasteiger partial charge in [0.25, 0.3) is 0 Å². The van der Waals surface area contributed by atoms with Gasteiger partial charge in [-0.3, -0.25) is 0 Å². The van der Waals surface area contributed by atoms with Crippen molar-refractivity contribution >= 4 is 11.9 Å². The van der Waals surface area contributed by atoms with Gasteiger partial charge in [-0.1, -0.05) is 12.7 Å². The van der Waals surface area contributed by atoms with Crippen LogP contribution >= 0.6 is 0 Å². The molecule has 0 unspecified atom stereocenters. The second-order valence-electron chi connectivity index (χ2n) is 2.54. The monoisotopic (exact) mass is 198 g/mol. The Morgan fingerprint density at radius 3 is 2.57 bits per heavy atom. The van der Waals surface area contributed by atoms with Gasteiger partial charge in [-0.2, -0.15) is 0 Å². The van der Waals surface area contributed by atoms with E-state index >= 15 is 0 Å². The van der Waals surface area contributed by atoms with Gasteiger partial charge >= 0.3 is 11.9 Å². The molecule has 0 aliphatic heterocycles. The maximum Gasteiger partial charge on any atom is 0.333 e. The first-order valence-corrected chi connectivity index (χ1v) is 4.16. The van der Waals surface area contributed by atoms with Crippen LogP contribution in [0.5, 0.6) is 0 Å². The van der Waals surface area contributed by atoms with Crippen LogP contribution in [0.1, 0.15) is 13.3 Å². The number of rotatable bonds is 5. The van der Waals surface area contributed by atoms with Crippen LogP contribution in [0, 0.1) is 0 Å². The number of carbonyl (C=O) groups is 2. The molecule has 14 heavy (non-hydrogen) atoms. The van der Waals surface area contributed by atoms with E-state index in [1.165, 1.54) is 7.11 Å². The molecule has 78 valence electrons. The largest absolute Gasteiger partial charge is 0.466 e. The van der Waals surface area contributed by atoms with E-state index in [1.54, 1.807) is 13.0 Å². The SMILES string of the molecule is C=CC(=O)OCCC=C(C)C(=O)OC. The molecule has 0 radical (unpaired) electrons. The number of esters is 2. The Morgan fingerprint density at radius 1 is 1.43 bits per heavy atom. The van der Waals surface area contributed by atoms with Crippen molar-refractivity contribution in [1.29, 1.82) is 0 Å². The molecule has 0 bridgehead atoms. The first kappa shape index (κ1) is 12.4. The minimum atomic E-state index is -0.464. The Kier molecular flexibility index (Phi) is 6.11. The van der Waals surface area contributed by atoms with Crippen LogP contribution in [0.4, 0.5) is 0 Å². The Bertz CT molecular complexity index is 253. The number of hydrogen-bond acceptors (Lipinski definition) is 4. The summed E-state index contributed by atoms with van der Waals surface area (Å²) in [5, 5.41) is 0. The normalized spacial score (nSPS) is 10.6. The Morgan fingerprint density at radius 2 is 2.07 bits per heavy atom. The summed E-state index contributed by atoms with van der Waals surface area (Å²) in [6.07, 6.45) is 3.24. The molecule has 0 atom stereocenters. The second-order valence-corrected chi connectivity index (χ2v) is 2.54. The number of carbonyl (C=O) groups excluding carboxylic acids is 2. The number of ether oxygens (including phenoxy) is 2. The van der Waals surface area contributed by atoms with Gasteiger partial charge in [0.1, 0.15) is 0 Å². The van der Waals surface area contributed by atoms with Gasteiger partial charge in [-0.05, 0) is 6.92 Å². The van der Waals surface area contributed by atoms with Gasteiger partial charge in [0.2, 0.25) is 0 Å². The molecule has 0 N–H and O–H groups in total. The summed E-state index contributed by atoms with van der Waals surface area (Å²) in [7, 11) is 1.32. The van der Waals surface area contributed by atoms with E-state index in [1.807, 2.05) is 0 Å². The summed E-state index contributed by atoms with van der Waals surface area (Å²) >= 11 is 0. The lowest BCUT2D eigenvalue weighted by atomic mass is 10.2. The molecule has 0 aliphatic carbocycles. The second kappa shape index (κ2) is 6.88. The van der Waals surface area contributed by atoms with E-state index in [0.717, 1.165) is 6.08 Å². The predicted molar refractivity (Wildman–Crippen MR) is 51.5 cm³/mol. The van der Waals surface area contributed by atoms with Crippen LogP contribution < -0.4 is 0 Å². The summed E-state index contributed by atoms with van der Waals surface area (Å²) < 4.78 is 9.18. The molecule has 0 saturated heterocycles. The highest BCUT2D eigenvalue weighted by atomic mass is 16.5. The molecule has 4 heteroatoms. The van der Waals surface area contributed by atoms with E-state index in [4.69, 9.17) is 4.74 Å². The lowest BCUT2D eigenvalue weighted by molar-refractivity contribution is -0.137. The zero-order valence-electron chi connectivity index (χ0n) is 8.41. The lowest BCUT2D eigenvalue weighted by Crippen LogP contribution is -2.03. The minimum absolute atomic E-state index is 0.235. The van der Waals surface area contributed by atoms with Crippen LogP contribution in [0.15, 0.2) is 24.3 Å². The van der Waals surface area contributed by atoms with Crippen molar-refractivity contribution in [3.05, 3.63) is 24.3 Å². The Balaban J connectivity index is 3.76. The van der Waals surface area contributed by atoms with Crippen LogP contribution in [0.25, 0.3) is 0 Å².